The zero-order valence-corrected chi connectivity index (χ0v) is 15.4. The van der Waals surface area contributed by atoms with Gasteiger partial charge in [0.2, 0.25) is 10.0 Å². The number of sulfonamides is 1. The Bertz CT molecular complexity index is 851. The lowest BCUT2D eigenvalue weighted by Gasteiger charge is -2.24. The molecule has 2 aromatic carbocycles. The highest BCUT2D eigenvalue weighted by molar-refractivity contribution is 7.89. The molecule has 0 spiro atoms. The first-order valence-electron chi connectivity index (χ1n) is 8.51. The van der Waals surface area contributed by atoms with Crippen molar-refractivity contribution in [1.29, 1.82) is 0 Å². The molecule has 1 atom stereocenters. The maximum atomic E-state index is 12.8. The Kier molecular flexibility index (Phi) is 5.58. The molecule has 0 bridgehead atoms. The molecule has 138 valence electrons. The summed E-state index contributed by atoms with van der Waals surface area (Å²) in [6.07, 6.45) is 1.52. The second-order valence-electron chi connectivity index (χ2n) is 6.16. The summed E-state index contributed by atoms with van der Waals surface area (Å²) in [6.45, 7) is 0.761. The molecule has 1 fully saturated rings. The van der Waals surface area contributed by atoms with Gasteiger partial charge in [0, 0.05) is 24.7 Å². The zero-order valence-electron chi connectivity index (χ0n) is 14.6. The minimum atomic E-state index is -3.54. The quantitative estimate of drug-likeness (QED) is 0.842. The van der Waals surface area contributed by atoms with E-state index in [0.29, 0.717) is 17.9 Å². The van der Waals surface area contributed by atoms with Crippen LogP contribution in [-0.4, -0.2) is 44.9 Å². The molecule has 1 heterocycles. The summed E-state index contributed by atoms with van der Waals surface area (Å²) in [5, 5.41) is 2.85. The van der Waals surface area contributed by atoms with Crippen LogP contribution in [0.3, 0.4) is 0 Å². The first kappa shape index (κ1) is 18.4. The van der Waals surface area contributed by atoms with Crippen molar-refractivity contribution in [2.75, 3.05) is 20.2 Å². The molecule has 26 heavy (non-hydrogen) atoms. The van der Waals surface area contributed by atoms with Crippen LogP contribution in [0.25, 0.3) is 0 Å². The summed E-state index contributed by atoms with van der Waals surface area (Å²) in [5.74, 6) is 0.453. The van der Waals surface area contributed by atoms with E-state index in [1.54, 1.807) is 61.7 Å². The van der Waals surface area contributed by atoms with Gasteiger partial charge in [-0.1, -0.05) is 18.2 Å². The van der Waals surface area contributed by atoms with Gasteiger partial charge < -0.3 is 10.1 Å². The van der Waals surface area contributed by atoms with E-state index >= 15 is 0 Å². The highest BCUT2D eigenvalue weighted by Crippen LogP contribution is 2.25. The van der Waals surface area contributed by atoms with Crippen molar-refractivity contribution in [3.8, 4) is 5.75 Å². The number of rotatable bonds is 6. The number of nitrogens with zero attached hydrogens (tertiary/aromatic N) is 1. The summed E-state index contributed by atoms with van der Waals surface area (Å²) in [5.41, 5.74) is 0.515. The highest BCUT2D eigenvalue weighted by atomic mass is 32.2. The van der Waals surface area contributed by atoms with E-state index < -0.39 is 10.0 Å². The van der Waals surface area contributed by atoms with Gasteiger partial charge in [-0.25, -0.2) is 8.42 Å². The average Bonchev–Trinajstić information content (AvgIpc) is 3.16. The summed E-state index contributed by atoms with van der Waals surface area (Å²) in [4.78, 5) is 12.6. The van der Waals surface area contributed by atoms with Crippen molar-refractivity contribution in [2.45, 2.75) is 23.8 Å². The summed E-state index contributed by atoms with van der Waals surface area (Å²) < 4.78 is 32.2. The largest absolute Gasteiger partial charge is 0.497 e. The van der Waals surface area contributed by atoms with Crippen molar-refractivity contribution in [3.05, 3.63) is 60.2 Å². The van der Waals surface area contributed by atoms with Gasteiger partial charge in [0.15, 0.2) is 0 Å². The number of hydrogen-bond donors (Lipinski definition) is 1. The fourth-order valence-corrected chi connectivity index (χ4v) is 4.83. The fourth-order valence-electron chi connectivity index (χ4n) is 3.11. The van der Waals surface area contributed by atoms with Gasteiger partial charge in [-0.3, -0.25) is 4.79 Å². The molecule has 1 aliphatic rings. The summed E-state index contributed by atoms with van der Waals surface area (Å²) in [6, 6.07) is 15.0. The third-order valence-corrected chi connectivity index (χ3v) is 6.49. The zero-order chi connectivity index (χ0) is 18.6. The number of benzene rings is 2. The molecule has 1 N–H and O–H groups in total. The van der Waals surface area contributed by atoms with E-state index in [0.717, 1.165) is 12.8 Å². The van der Waals surface area contributed by atoms with Crippen LogP contribution >= 0.6 is 0 Å². The average molecular weight is 374 g/mol. The SMILES string of the molecule is COc1ccc(C(=O)NC[C@@H]2CCCN2S(=O)(=O)c2ccccc2)cc1. The van der Waals surface area contributed by atoms with Crippen LogP contribution in [0.2, 0.25) is 0 Å². The first-order chi connectivity index (χ1) is 12.5. The Morgan fingerprint density at radius 3 is 2.50 bits per heavy atom. The molecule has 1 aliphatic heterocycles. The molecule has 0 unspecified atom stereocenters. The second kappa shape index (κ2) is 7.88. The van der Waals surface area contributed by atoms with Crippen molar-refractivity contribution < 1.29 is 17.9 Å². The molecular weight excluding hydrogens is 352 g/mol. The molecule has 3 rings (SSSR count). The van der Waals surface area contributed by atoms with E-state index in [1.165, 1.54) is 4.31 Å². The Labute approximate surface area is 153 Å². The second-order valence-corrected chi connectivity index (χ2v) is 8.05. The van der Waals surface area contributed by atoms with Crippen molar-refractivity contribution in [3.63, 3.8) is 0 Å². The van der Waals surface area contributed by atoms with E-state index in [4.69, 9.17) is 4.74 Å². The molecule has 0 aliphatic carbocycles. The van der Waals surface area contributed by atoms with E-state index in [1.807, 2.05) is 0 Å². The monoisotopic (exact) mass is 374 g/mol. The molecular formula is C19H22N2O4S. The maximum absolute atomic E-state index is 12.8. The Hall–Kier alpha value is -2.38. The predicted molar refractivity (Wildman–Crippen MR) is 98.7 cm³/mol. The number of amides is 1. The number of methoxy groups -OCH3 is 1. The highest BCUT2D eigenvalue weighted by Gasteiger charge is 2.35. The number of nitrogens with one attached hydrogen (secondary N) is 1. The predicted octanol–water partition coefficient (Wildman–Crippen LogP) is 2.28. The third-order valence-electron chi connectivity index (χ3n) is 4.52. The Morgan fingerprint density at radius 1 is 1.15 bits per heavy atom. The van der Waals surface area contributed by atoms with Gasteiger partial charge in [0.1, 0.15) is 5.75 Å². The molecule has 6 nitrogen and oxygen atoms in total. The van der Waals surface area contributed by atoms with Gasteiger partial charge >= 0.3 is 0 Å². The molecule has 1 saturated heterocycles. The van der Waals surface area contributed by atoms with Crippen LogP contribution in [0.1, 0.15) is 23.2 Å². The lowest BCUT2D eigenvalue weighted by Crippen LogP contribution is -2.43. The van der Waals surface area contributed by atoms with E-state index in [2.05, 4.69) is 5.32 Å². The molecule has 2 aromatic rings. The topological polar surface area (TPSA) is 75.7 Å². The standard InChI is InChI=1S/C19H22N2O4S/c1-25-17-11-9-15(10-12-17)19(22)20-14-16-6-5-13-21(16)26(23,24)18-7-3-2-4-8-18/h2-4,7-12,16H,5-6,13-14H2,1H3,(H,20,22)/t16-/m0/s1. The van der Waals surface area contributed by atoms with Crippen molar-refractivity contribution in [2.24, 2.45) is 0 Å². The molecule has 0 radical (unpaired) electrons. The maximum Gasteiger partial charge on any atom is 0.251 e. The summed E-state index contributed by atoms with van der Waals surface area (Å²) >= 11 is 0. The molecule has 0 aromatic heterocycles. The van der Waals surface area contributed by atoms with Crippen LogP contribution < -0.4 is 10.1 Å². The lowest BCUT2D eigenvalue weighted by molar-refractivity contribution is 0.0946. The van der Waals surface area contributed by atoms with E-state index in [-0.39, 0.29) is 23.4 Å². The number of carbonyl (C=O) groups is 1. The van der Waals surface area contributed by atoms with Crippen LogP contribution in [0, 0.1) is 0 Å². The smallest absolute Gasteiger partial charge is 0.251 e. The molecule has 7 heteroatoms. The Balaban J connectivity index is 1.66. The van der Waals surface area contributed by atoms with Crippen LogP contribution in [0.15, 0.2) is 59.5 Å². The van der Waals surface area contributed by atoms with Crippen LogP contribution in [-0.2, 0) is 10.0 Å². The number of carbonyl (C=O) groups excluding carboxylic acids is 1. The number of ether oxygens (including phenoxy) is 1. The number of hydrogen-bond acceptors (Lipinski definition) is 4. The minimum absolute atomic E-state index is 0.225. The van der Waals surface area contributed by atoms with Gasteiger partial charge in [-0.2, -0.15) is 4.31 Å². The van der Waals surface area contributed by atoms with Gasteiger partial charge in [0.05, 0.1) is 12.0 Å². The van der Waals surface area contributed by atoms with Gasteiger partial charge in [-0.05, 0) is 49.2 Å². The third kappa shape index (κ3) is 3.89. The molecule has 0 saturated carbocycles. The Morgan fingerprint density at radius 2 is 1.85 bits per heavy atom. The van der Waals surface area contributed by atoms with Crippen molar-refractivity contribution >= 4 is 15.9 Å². The van der Waals surface area contributed by atoms with Gasteiger partial charge in [-0.15, -0.1) is 0 Å². The van der Waals surface area contributed by atoms with Crippen LogP contribution in [0.4, 0.5) is 0 Å². The summed E-state index contributed by atoms with van der Waals surface area (Å²) in [7, 11) is -1.98. The van der Waals surface area contributed by atoms with Crippen molar-refractivity contribution in [1.82, 2.24) is 9.62 Å². The fraction of sp³-hybridized carbons (Fsp3) is 0.316. The van der Waals surface area contributed by atoms with Gasteiger partial charge in [0.25, 0.3) is 5.91 Å². The normalized spacial score (nSPS) is 17.8. The minimum Gasteiger partial charge on any atom is -0.497 e. The van der Waals surface area contributed by atoms with Crippen LogP contribution in [0.5, 0.6) is 5.75 Å². The first-order valence-corrected chi connectivity index (χ1v) is 9.95. The molecule has 1 amide bonds. The van der Waals surface area contributed by atoms with E-state index in [9.17, 15) is 13.2 Å². The lowest BCUT2D eigenvalue weighted by atomic mass is 10.2.